The number of rotatable bonds is 6. The van der Waals surface area contributed by atoms with E-state index in [9.17, 15) is 9.18 Å². The number of halogens is 2. The minimum Gasteiger partial charge on any atom is -0.497 e. The maximum absolute atomic E-state index is 13.8. The zero-order chi connectivity index (χ0) is 20.1. The second kappa shape index (κ2) is 8.67. The molecule has 2 aromatic carbocycles. The van der Waals surface area contributed by atoms with Gasteiger partial charge in [-0.25, -0.2) is 13.9 Å². The Morgan fingerprint density at radius 2 is 1.96 bits per heavy atom. The van der Waals surface area contributed by atoms with Crippen LogP contribution in [0, 0.1) is 5.82 Å². The van der Waals surface area contributed by atoms with Crippen molar-refractivity contribution in [1.29, 1.82) is 0 Å². The number of benzene rings is 2. The van der Waals surface area contributed by atoms with Gasteiger partial charge in [-0.15, -0.1) is 5.10 Å². The lowest BCUT2D eigenvalue weighted by atomic mass is 10.1. The second-order valence-corrected chi connectivity index (χ2v) is 6.25. The van der Waals surface area contributed by atoms with Crippen LogP contribution < -0.4 is 4.74 Å². The molecule has 8 heteroatoms. The molecule has 0 aliphatic heterocycles. The van der Waals surface area contributed by atoms with Crippen LogP contribution in [0.3, 0.4) is 0 Å². The molecule has 28 heavy (non-hydrogen) atoms. The van der Waals surface area contributed by atoms with E-state index < -0.39 is 11.8 Å². The Hall–Kier alpha value is -3.19. The first-order valence-corrected chi connectivity index (χ1v) is 8.66. The van der Waals surface area contributed by atoms with Gasteiger partial charge in [0.05, 0.1) is 37.5 Å². The maximum Gasteiger partial charge on any atom is 0.339 e. The van der Waals surface area contributed by atoms with Crippen molar-refractivity contribution in [3.63, 3.8) is 0 Å². The Kier molecular flexibility index (Phi) is 6.06. The van der Waals surface area contributed by atoms with E-state index in [2.05, 4.69) is 15.0 Å². The third-order valence-corrected chi connectivity index (χ3v) is 4.39. The Morgan fingerprint density at radius 1 is 1.21 bits per heavy atom. The van der Waals surface area contributed by atoms with Crippen molar-refractivity contribution in [3.05, 3.63) is 75.8 Å². The van der Waals surface area contributed by atoms with E-state index >= 15 is 0 Å². The monoisotopic (exact) mass is 401 g/mol. The van der Waals surface area contributed by atoms with Crippen molar-refractivity contribution in [3.8, 4) is 5.75 Å². The molecule has 0 unspecified atom stereocenters. The number of aromatic nitrogens is 3. The standard InChI is InChI=1S/C20H17ClFN3O3/c1-27-17-7-3-13(4-8-17)11-25-12-16(23-24-25)6-5-14-9-15(22)10-18(19(14)21)20(26)28-2/h3-10,12H,11H2,1-2H3. The van der Waals surface area contributed by atoms with Crippen molar-refractivity contribution < 1.29 is 18.7 Å². The minimum absolute atomic E-state index is 0.0352. The summed E-state index contributed by atoms with van der Waals surface area (Å²) in [5.74, 6) is -0.513. The van der Waals surface area contributed by atoms with Crippen LogP contribution in [-0.2, 0) is 11.3 Å². The summed E-state index contributed by atoms with van der Waals surface area (Å²) in [7, 11) is 2.82. The predicted octanol–water partition coefficient (Wildman–Crippen LogP) is 4.08. The smallest absolute Gasteiger partial charge is 0.339 e. The Balaban J connectivity index is 1.76. The van der Waals surface area contributed by atoms with E-state index in [0.29, 0.717) is 17.8 Å². The number of ether oxygens (including phenoxy) is 2. The highest BCUT2D eigenvalue weighted by atomic mass is 35.5. The lowest BCUT2D eigenvalue weighted by Crippen LogP contribution is -2.03. The molecule has 0 N–H and O–H groups in total. The van der Waals surface area contributed by atoms with Crippen molar-refractivity contribution in [2.45, 2.75) is 6.54 Å². The van der Waals surface area contributed by atoms with E-state index in [1.807, 2.05) is 24.3 Å². The van der Waals surface area contributed by atoms with Crippen LogP contribution in [0.25, 0.3) is 12.2 Å². The fourth-order valence-electron chi connectivity index (χ4n) is 2.55. The van der Waals surface area contributed by atoms with Gasteiger partial charge >= 0.3 is 5.97 Å². The molecule has 0 spiro atoms. The molecule has 0 amide bonds. The Labute approximate surface area is 166 Å². The summed E-state index contributed by atoms with van der Waals surface area (Å²) in [5.41, 5.74) is 1.91. The molecule has 0 bridgehead atoms. The maximum atomic E-state index is 13.8. The number of carbonyl (C=O) groups is 1. The summed E-state index contributed by atoms with van der Waals surface area (Å²) in [6.07, 6.45) is 4.95. The summed E-state index contributed by atoms with van der Waals surface area (Å²) >= 11 is 6.19. The topological polar surface area (TPSA) is 66.2 Å². The molecular formula is C20H17ClFN3O3. The molecule has 1 aromatic heterocycles. The molecular weight excluding hydrogens is 385 g/mol. The molecule has 0 saturated heterocycles. The van der Waals surface area contributed by atoms with Crippen molar-refractivity contribution >= 4 is 29.7 Å². The van der Waals surface area contributed by atoms with E-state index in [1.54, 1.807) is 30.1 Å². The van der Waals surface area contributed by atoms with Crippen LogP contribution in [0.5, 0.6) is 5.75 Å². The van der Waals surface area contributed by atoms with E-state index in [1.165, 1.54) is 13.2 Å². The zero-order valence-electron chi connectivity index (χ0n) is 15.2. The molecule has 0 radical (unpaired) electrons. The lowest BCUT2D eigenvalue weighted by Gasteiger charge is -2.05. The molecule has 0 saturated carbocycles. The molecule has 0 atom stereocenters. The largest absolute Gasteiger partial charge is 0.497 e. The van der Waals surface area contributed by atoms with Crippen LogP contribution in [0.15, 0.2) is 42.6 Å². The lowest BCUT2D eigenvalue weighted by molar-refractivity contribution is 0.0600. The molecule has 3 aromatic rings. The molecule has 1 heterocycles. The van der Waals surface area contributed by atoms with Crippen LogP contribution in [0.1, 0.15) is 27.2 Å². The van der Waals surface area contributed by atoms with Gasteiger partial charge in [0.25, 0.3) is 0 Å². The molecule has 0 fully saturated rings. The summed E-state index contributed by atoms with van der Waals surface area (Å²) in [6, 6.07) is 9.90. The van der Waals surface area contributed by atoms with Gasteiger partial charge in [0, 0.05) is 0 Å². The summed E-state index contributed by atoms with van der Waals surface area (Å²) in [5, 5.41) is 8.23. The first kappa shape index (κ1) is 19.6. The van der Waals surface area contributed by atoms with Gasteiger partial charge in [0.15, 0.2) is 0 Å². The number of methoxy groups -OCH3 is 2. The first-order valence-electron chi connectivity index (χ1n) is 8.28. The van der Waals surface area contributed by atoms with Gasteiger partial charge in [0.1, 0.15) is 17.3 Å². The average molecular weight is 402 g/mol. The zero-order valence-corrected chi connectivity index (χ0v) is 16.0. The van der Waals surface area contributed by atoms with Gasteiger partial charge < -0.3 is 9.47 Å². The number of hydrogen-bond donors (Lipinski definition) is 0. The fraction of sp³-hybridized carbons (Fsp3) is 0.150. The third-order valence-electron chi connectivity index (χ3n) is 3.96. The Morgan fingerprint density at radius 3 is 2.64 bits per heavy atom. The van der Waals surface area contributed by atoms with E-state index in [0.717, 1.165) is 17.4 Å². The van der Waals surface area contributed by atoms with Crippen LogP contribution in [0.4, 0.5) is 4.39 Å². The summed E-state index contributed by atoms with van der Waals surface area (Å²) in [4.78, 5) is 11.7. The number of hydrogen-bond acceptors (Lipinski definition) is 5. The predicted molar refractivity (Wildman–Crippen MR) is 104 cm³/mol. The highest BCUT2D eigenvalue weighted by Crippen LogP contribution is 2.25. The quantitative estimate of drug-likeness (QED) is 0.582. The van der Waals surface area contributed by atoms with Crippen molar-refractivity contribution in [2.24, 2.45) is 0 Å². The third kappa shape index (κ3) is 4.55. The first-order chi connectivity index (χ1) is 13.5. The second-order valence-electron chi connectivity index (χ2n) is 5.87. The van der Waals surface area contributed by atoms with Crippen LogP contribution in [-0.4, -0.2) is 35.2 Å². The van der Waals surface area contributed by atoms with Gasteiger partial charge in [-0.2, -0.15) is 0 Å². The SMILES string of the molecule is COC(=O)c1cc(F)cc(C=Cc2cn(Cc3ccc(OC)cc3)nn2)c1Cl. The van der Waals surface area contributed by atoms with Crippen LogP contribution >= 0.6 is 11.6 Å². The molecule has 6 nitrogen and oxygen atoms in total. The summed E-state index contributed by atoms with van der Waals surface area (Å²) < 4.78 is 25.2. The number of nitrogens with zero attached hydrogens (tertiary/aromatic N) is 3. The van der Waals surface area contributed by atoms with Gasteiger partial charge in [-0.05, 0) is 41.5 Å². The van der Waals surface area contributed by atoms with E-state index in [4.69, 9.17) is 16.3 Å². The van der Waals surface area contributed by atoms with Gasteiger partial charge in [0.2, 0.25) is 0 Å². The van der Waals surface area contributed by atoms with Gasteiger partial charge in [-0.1, -0.05) is 35.0 Å². The summed E-state index contributed by atoms with van der Waals surface area (Å²) in [6.45, 7) is 0.540. The molecule has 0 aliphatic carbocycles. The highest BCUT2D eigenvalue weighted by Gasteiger charge is 2.15. The number of esters is 1. The van der Waals surface area contributed by atoms with Gasteiger partial charge in [-0.3, -0.25) is 0 Å². The molecule has 144 valence electrons. The average Bonchev–Trinajstić information content (AvgIpc) is 3.15. The minimum atomic E-state index is -0.704. The number of carbonyl (C=O) groups excluding carboxylic acids is 1. The molecule has 0 aliphatic rings. The van der Waals surface area contributed by atoms with Crippen molar-refractivity contribution in [2.75, 3.05) is 14.2 Å². The fourth-order valence-corrected chi connectivity index (χ4v) is 2.80. The molecule has 3 rings (SSSR count). The normalized spacial score (nSPS) is 11.0. The Bertz CT molecular complexity index is 1020. The van der Waals surface area contributed by atoms with Crippen LogP contribution in [0.2, 0.25) is 5.02 Å². The van der Waals surface area contributed by atoms with Crippen molar-refractivity contribution in [1.82, 2.24) is 15.0 Å². The van der Waals surface area contributed by atoms with E-state index in [-0.39, 0.29) is 10.6 Å². The highest BCUT2D eigenvalue weighted by molar-refractivity contribution is 6.35.